The summed E-state index contributed by atoms with van der Waals surface area (Å²) < 4.78 is 4.60. The van der Waals surface area contributed by atoms with Crippen molar-refractivity contribution in [3.8, 4) is 78.9 Å². The van der Waals surface area contributed by atoms with Gasteiger partial charge in [-0.15, -0.1) is 0 Å². The smallest absolute Gasteiger partial charge is 0.238 e. The van der Waals surface area contributed by atoms with Crippen LogP contribution in [0.3, 0.4) is 0 Å². The number of hydrogen-bond acceptors (Lipinski definition) is 7. The first-order chi connectivity index (χ1) is 49.9. The molecule has 19 aromatic rings. The summed E-state index contributed by atoms with van der Waals surface area (Å²) in [6.45, 7) is 7.99. The Labute approximate surface area is 596 Å². The minimum Gasteiger partial charge on any atom is -0.307 e. The molecule has 0 aliphatic heterocycles. The third-order valence-corrected chi connectivity index (χ3v) is 18.3. The molecule has 1 radical (unpaired) electrons. The first-order valence-corrected chi connectivity index (χ1v) is 34.5. The van der Waals surface area contributed by atoms with E-state index in [1.54, 1.807) is 0 Å². The molecular weight excluding hydrogens is 1260 g/mol. The van der Waals surface area contributed by atoms with Crippen molar-refractivity contribution in [2.45, 2.75) is 28.1 Å². The van der Waals surface area contributed by atoms with Crippen LogP contribution < -0.4 is 0 Å². The average Bonchev–Trinajstić information content (AvgIpc) is 1.53. The van der Waals surface area contributed by atoms with Crippen LogP contribution >= 0.6 is 9.12 Å². The predicted molar refractivity (Wildman–Crippen MR) is 433 cm³/mol. The van der Waals surface area contributed by atoms with Gasteiger partial charge < -0.3 is 4.57 Å². The Morgan fingerprint density at radius 3 is 0.980 bits per heavy atom. The molecule has 0 bridgehead atoms. The normalized spacial score (nSPS) is 11.1. The summed E-state index contributed by atoms with van der Waals surface area (Å²) >= 11 is 0. The highest BCUT2D eigenvalue weighted by Crippen LogP contribution is 2.43. The second-order valence-corrected chi connectivity index (χ2v) is 25.4. The summed E-state index contributed by atoms with van der Waals surface area (Å²) in [6, 6.07) is 112. The van der Waals surface area contributed by atoms with Crippen LogP contribution in [-0.2, 0) is 0 Å². The zero-order valence-corrected chi connectivity index (χ0v) is 57.1. The van der Waals surface area contributed by atoms with Gasteiger partial charge in [0.2, 0.25) is 5.95 Å². The van der Waals surface area contributed by atoms with E-state index in [1.165, 1.54) is 55.3 Å². The summed E-state index contributed by atoms with van der Waals surface area (Å²) in [5.74, 6) is 1.86. The molecule has 0 aliphatic carbocycles. The van der Waals surface area contributed by atoms with Crippen molar-refractivity contribution in [3.05, 3.63) is 345 Å². The van der Waals surface area contributed by atoms with Crippen LogP contribution in [-0.4, -0.2) is 51.0 Å². The van der Waals surface area contributed by atoms with E-state index in [-0.39, 0.29) is 7.43 Å². The quantitative estimate of drug-likeness (QED) is 0.0849. The molecule has 1 atom stereocenters. The largest absolute Gasteiger partial charge is 0.307 e. The van der Waals surface area contributed by atoms with E-state index < -0.39 is 0 Å². The molecule has 0 amide bonds. The minimum absolute atomic E-state index is 0. The molecule has 1 unspecified atom stereocenters. The van der Waals surface area contributed by atoms with Gasteiger partial charge in [-0.3, -0.25) is 24.5 Å². The van der Waals surface area contributed by atoms with E-state index in [9.17, 15) is 0 Å². The lowest BCUT2D eigenvalue weighted by molar-refractivity contribution is 0.953. The van der Waals surface area contributed by atoms with Crippen LogP contribution in [0.2, 0.25) is 6.82 Å². The van der Waals surface area contributed by atoms with Gasteiger partial charge in [0, 0.05) is 83.7 Å². The number of fused-ring (bicyclic) bond motifs is 13. The van der Waals surface area contributed by atoms with E-state index in [2.05, 4.69) is 279 Å². The van der Waals surface area contributed by atoms with Crippen molar-refractivity contribution in [2.24, 2.45) is 0 Å². The molecule has 0 saturated carbocycles. The SMILES string of the molecule is C.C[B]P.Cc1cc(-c2ccccc2)c2ccc3c(-c4ccccc4)cc(C)nc3c2n1.c1ccc(-c2ccnc3c2ccc2c(-c4ccccc4)ccnc23)cc1.c1ccc(-c2nc(-c3ccccc3)nc(-n3c4ccccc4c4ccc5c6ccccc6n(-c6ccccc6)c5c43)n2)cc1. The van der Waals surface area contributed by atoms with Crippen molar-refractivity contribution in [1.82, 2.24) is 44.0 Å². The molecule has 0 spiro atoms. The van der Waals surface area contributed by atoms with E-state index in [0.717, 1.165) is 105 Å². The van der Waals surface area contributed by atoms with E-state index >= 15 is 0 Å². The monoisotopic (exact) mass is 1330 g/mol. The average molecular weight is 1330 g/mol. The van der Waals surface area contributed by atoms with Gasteiger partial charge in [0.15, 0.2) is 11.6 Å². The fourth-order valence-corrected chi connectivity index (χ4v) is 14.0. The Kier molecular flexibility index (Phi) is 18.6. The zero-order valence-electron chi connectivity index (χ0n) is 55.9. The van der Waals surface area contributed by atoms with Gasteiger partial charge in [0.05, 0.1) is 44.1 Å². The molecule has 0 saturated heterocycles. The van der Waals surface area contributed by atoms with Gasteiger partial charge in [-0.1, -0.05) is 287 Å². The summed E-state index contributed by atoms with van der Waals surface area (Å²) in [7, 11) is 2.45. The van der Waals surface area contributed by atoms with Crippen LogP contribution in [0, 0.1) is 13.8 Å². The molecule has 0 N–H and O–H groups in total. The lowest BCUT2D eigenvalue weighted by Gasteiger charge is -2.13. The van der Waals surface area contributed by atoms with Gasteiger partial charge >= 0.3 is 0 Å². The molecule has 11 heteroatoms. The number of nitrogens with zero attached hydrogens (tertiary/aromatic N) is 9. The highest BCUT2D eigenvalue weighted by Gasteiger charge is 2.24. The standard InChI is InChI=1S/C39H25N5.C26H20N2.C24H16N2.CH5BP.CH4/c1-4-14-26(15-5-1)37-40-38(27-16-6-2-7-17-27)42-39(41-37)44-34-23-13-11-21-30(34)32-25-24-31-29-20-10-12-22-33(29)43(35(31)36(32)44)28-18-8-3-9-19-28;1-17-15-23(19-9-5-3-6-10-19)21-13-14-22-24(20-11-7-4-8-12-20)16-18(2)28-26(22)25(21)27-17;1-3-7-17(8-4-1)19-13-15-25-23-21(19)11-12-22-20(14-16-26-24(22)23)18-9-5-2-6-10-18;1-2-3;/h1-25H;3-16H,1-2H3;1-16H;3H2,1H3;1H4. The first-order valence-electron chi connectivity index (χ1n) is 33.9. The highest BCUT2D eigenvalue weighted by atomic mass is 31.0. The van der Waals surface area contributed by atoms with Gasteiger partial charge in [-0.05, 0) is 107 Å². The Bertz CT molecular complexity index is 5940. The fraction of sp³-hybridized carbons (Fsp3) is 0.0440. The Morgan fingerprint density at radius 2 is 0.588 bits per heavy atom. The molecule has 19 rings (SSSR count). The summed E-state index contributed by atoms with van der Waals surface area (Å²) in [5, 5.41) is 9.22. The van der Waals surface area contributed by atoms with E-state index in [1.807, 2.05) is 111 Å². The maximum atomic E-state index is 5.17. The molecule has 487 valence electrons. The topological polar surface area (TPSA) is 100 Å². The Morgan fingerprint density at radius 1 is 0.284 bits per heavy atom. The molecule has 12 aromatic carbocycles. The minimum atomic E-state index is 0. The van der Waals surface area contributed by atoms with Gasteiger partial charge in [-0.2, -0.15) is 19.1 Å². The molecular formula is C91H70BN9P. The second-order valence-electron chi connectivity index (χ2n) is 24.8. The van der Waals surface area contributed by atoms with E-state index in [4.69, 9.17) is 24.9 Å². The summed E-state index contributed by atoms with van der Waals surface area (Å²) in [4.78, 5) is 34.4. The van der Waals surface area contributed by atoms with Gasteiger partial charge in [0.1, 0.15) is 7.00 Å². The fourth-order valence-electron chi connectivity index (χ4n) is 14.0. The van der Waals surface area contributed by atoms with Crippen LogP contribution in [0.25, 0.3) is 166 Å². The van der Waals surface area contributed by atoms with Crippen molar-refractivity contribution in [3.63, 3.8) is 0 Å². The molecule has 102 heavy (non-hydrogen) atoms. The van der Waals surface area contributed by atoms with Gasteiger partial charge in [0.25, 0.3) is 0 Å². The molecule has 9 nitrogen and oxygen atoms in total. The number of aromatic nitrogens is 9. The predicted octanol–water partition coefficient (Wildman–Crippen LogP) is 23.4. The number of rotatable bonds is 8. The maximum Gasteiger partial charge on any atom is 0.238 e. The molecule has 0 aliphatic rings. The lowest BCUT2D eigenvalue weighted by atomic mass is 9.95. The van der Waals surface area contributed by atoms with Crippen LogP contribution in [0.4, 0.5) is 0 Å². The third kappa shape index (κ3) is 12.5. The number of aryl methyl sites for hydroxylation is 2. The van der Waals surface area contributed by atoms with Gasteiger partial charge in [-0.25, -0.2) is 4.98 Å². The summed E-state index contributed by atoms with van der Waals surface area (Å²) in [5.41, 5.74) is 22.8. The highest BCUT2D eigenvalue weighted by molar-refractivity contribution is 7.55. The summed E-state index contributed by atoms with van der Waals surface area (Å²) in [6.07, 6.45) is 3.75. The van der Waals surface area contributed by atoms with Crippen molar-refractivity contribution >= 4 is 103 Å². The lowest BCUT2D eigenvalue weighted by Crippen LogP contribution is -2.07. The first kappa shape index (κ1) is 65.3. The van der Waals surface area contributed by atoms with Crippen molar-refractivity contribution in [1.29, 1.82) is 0 Å². The number of hydrogen-bond donors (Lipinski definition) is 0. The van der Waals surface area contributed by atoms with Crippen LogP contribution in [0.1, 0.15) is 18.8 Å². The maximum absolute atomic E-state index is 5.17. The van der Waals surface area contributed by atoms with E-state index in [0.29, 0.717) is 17.6 Å². The van der Waals surface area contributed by atoms with Crippen LogP contribution in [0.5, 0.6) is 0 Å². The van der Waals surface area contributed by atoms with Crippen molar-refractivity contribution < 1.29 is 0 Å². The number of pyridine rings is 4. The molecule has 0 fully saturated rings. The van der Waals surface area contributed by atoms with Crippen molar-refractivity contribution in [2.75, 3.05) is 0 Å². The van der Waals surface area contributed by atoms with Crippen LogP contribution in [0.15, 0.2) is 334 Å². The molecule has 7 aromatic heterocycles. The second kappa shape index (κ2) is 29.1. The third-order valence-electron chi connectivity index (χ3n) is 18.3. The zero-order chi connectivity index (χ0) is 68.2. The number of benzene rings is 12. The number of para-hydroxylation sites is 3. The Hall–Kier alpha value is -12.6. The molecule has 7 heterocycles. The Balaban J connectivity index is 0.000000126.